The van der Waals surface area contributed by atoms with Crippen LogP contribution in [0, 0.1) is 26.7 Å². The molecular formula is C16H22N4O3. The third-order valence-corrected chi connectivity index (χ3v) is 4.99. The Kier molecular flexibility index (Phi) is 3.69. The van der Waals surface area contributed by atoms with E-state index in [4.69, 9.17) is 13.8 Å². The molecule has 7 heteroatoms. The van der Waals surface area contributed by atoms with Crippen LogP contribution in [-0.2, 0) is 11.3 Å². The summed E-state index contributed by atoms with van der Waals surface area (Å²) in [7, 11) is 0. The Hall–Kier alpha value is -1.73. The Bertz CT molecular complexity index is 676. The molecule has 2 saturated heterocycles. The van der Waals surface area contributed by atoms with E-state index in [1.807, 2.05) is 20.8 Å². The van der Waals surface area contributed by atoms with Crippen molar-refractivity contribution in [3.8, 4) is 0 Å². The smallest absolute Gasteiger partial charge is 0.255 e. The quantitative estimate of drug-likeness (QED) is 0.859. The van der Waals surface area contributed by atoms with Gasteiger partial charge in [-0.25, -0.2) is 0 Å². The zero-order valence-corrected chi connectivity index (χ0v) is 13.8. The van der Waals surface area contributed by atoms with Gasteiger partial charge in [0.1, 0.15) is 11.9 Å². The van der Waals surface area contributed by atoms with Crippen molar-refractivity contribution >= 4 is 0 Å². The topological polar surface area (TPSA) is 77.4 Å². The van der Waals surface area contributed by atoms with Gasteiger partial charge in [-0.15, -0.1) is 0 Å². The number of aryl methyl sites for hydroxylation is 3. The second-order valence-corrected chi connectivity index (χ2v) is 6.67. The maximum absolute atomic E-state index is 6.14. The average Bonchev–Trinajstić information content (AvgIpc) is 3.21. The number of rotatable bonds is 3. The Labute approximate surface area is 135 Å². The lowest BCUT2D eigenvalue weighted by Gasteiger charge is -2.33. The fourth-order valence-electron chi connectivity index (χ4n) is 3.73. The first-order valence-corrected chi connectivity index (χ1v) is 8.20. The van der Waals surface area contributed by atoms with Gasteiger partial charge in [0.2, 0.25) is 0 Å². The average molecular weight is 318 g/mol. The highest BCUT2D eigenvalue weighted by Gasteiger charge is 2.41. The molecule has 0 aliphatic carbocycles. The van der Waals surface area contributed by atoms with Crippen molar-refractivity contribution in [2.24, 2.45) is 5.92 Å². The Balaban J connectivity index is 1.41. The van der Waals surface area contributed by atoms with Gasteiger partial charge in [-0.3, -0.25) is 4.90 Å². The van der Waals surface area contributed by atoms with Gasteiger partial charge < -0.3 is 13.8 Å². The molecule has 0 aromatic carbocycles. The standard InChI is InChI=1S/C16H22N4O3/c1-9-13(10(2)22-18-9)8-20-5-4-14-12(7-20)6-15(21-14)16-17-11(3)19-23-16/h12,14-15H,4-8H2,1-3H3/t12-,14-,15+/m1/s1. The summed E-state index contributed by atoms with van der Waals surface area (Å²) in [5, 5.41) is 7.92. The molecule has 2 aliphatic heterocycles. The second-order valence-electron chi connectivity index (χ2n) is 6.67. The lowest BCUT2D eigenvalue weighted by atomic mass is 9.92. The third-order valence-electron chi connectivity index (χ3n) is 4.99. The van der Waals surface area contributed by atoms with Gasteiger partial charge >= 0.3 is 0 Å². The van der Waals surface area contributed by atoms with E-state index in [2.05, 4.69) is 20.2 Å². The minimum atomic E-state index is -0.0507. The van der Waals surface area contributed by atoms with E-state index in [0.29, 0.717) is 23.7 Å². The molecule has 0 saturated carbocycles. The maximum atomic E-state index is 6.14. The number of hydrogen-bond donors (Lipinski definition) is 0. The summed E-state index contributed by atoms with van der Waals surface area (Å²) in [6.45, 7) is 8.77. The zero-order chi connectivity index (χ0) is 16.0. The van der Waals surface area contributed by atoms with Crippen molar-refractivity contribution < 1.29 is 13.8 Å². The molecule has 23 heavy (non-hydrogen) atoms. The van der Waals surface area contributed by atoms with Crippen molar-refractivity contribution in [2.75, 3.05) is 13.1 Å². The van der Waals surface area contributed by atoms with E-state index >= 15 is 0 Å². The van der Waals surface area contributed by atoms with Crippen molar-refractivity contribution in [1.29, 1.82) is 0 Å². The minimum Gasteiger partial charge on any atom is -0.365 e. The predicted molar refractivity (Wildman–Crippen MR) is 80.6 cm³/mol. The lowest BCUT2D eigenvalue weighted by Crippen LogP contribution is -2.40. The second kappa shape index (κ2) is 5.72. The summed E-state index contributed by atoms with van der Waals surface area (Å²) in [4.78, 5) is 6.79. The Morgan fingerprint density at radius 2 is 2.04 bits per heavy atom. The van der Waals surface area contributed by atoms with Crippen molar-refractivity contribution in [3.63, 3.8) is 0 Å². The number of nitrogens with zero attached hydrogens (tertiary/aromatic N) is 4. The summed E-state index contributed by atoms with van der Waals surface area (Å²) < 4.78 is 16.7. The molecule has 0 bridgehead atoms. The number of ether oxygens (including phenoxy) is 1. The Morgan fingerprint density at radius 1 is 1.17 bits per heavy atom. The van der Waals surface area contributed by atoms with Crippen LogP contribution in [0.5, 0.6) is 0 Å². The van der Waals surface area contributed by atoms with E-state index in [1.54, 1.807) is 0 Å². The van der Waals surface area contributed by atoms with E-state index in [9.17, 15) is 0 Å². The highest BCUT2D eigenvalue weighted by atomic mass is 16.5. The molecule has 2 aliphatic rings. The SMILES string of the molecule is Cc1noc([C@@H]2C[C@@H]3CN(Cc4c(C)noc4C)CC[C@H]3O2)n1. The van der Waals surface area contributed by atoms with Crippen LogP contribution >= 0.6 is 0 Å². The largest absolute Gasteiger partial charge is 0.365 e. The first-order valence-electron chi connectivity index (χ1n) is 8.20. The molecule has 0 amide bonds. The summed E-state index contributed by atoms with van der Waals surface area (Å²) in [6, 6.07) is 0. The van der Waals surface area contributed by atoms with Gasteiger partial charge in [0.25, 0.3) is 5.89 Å². The van der Waals surface area contributed by atoms with Crippen LogP contribution in [0.4, 0.5) is 0 Å². The molecule has 124 valence electrons. The molecule has 7 nitrogen and oxygen atoms in total. The summed E-state index contributed by atoms with van der Waals surface area (Å²) in [6.07, 6.45) is 2.24. The first-order chi connectivity index (χ1) is 11.1. The van der Waals surface area contributed by atoms with Crippen LogP contribution in [0.15, 0.2) is 9.05 Å². The number of hydrogen-bond acceptors (Lipinski definition) is 7. The number of fused-ring (bicyclic) bond motifs is 1. The van der Waals surface area contributed by atoms with Crippen molar-refractivity contribution in [2.45, 2.75) is 52.4 Å². The van der Waals surface area contributed by atoms with Crippen LogP contribution < -0.4 is 0 Å². The highest BCUT2D eigenvalue weighted by molar-refractivity contribution is 5.20. The Morgan fingerprint density at radius 3 is 2.74 bits per heavy atom. The van der Waals surface area contributed by atoms with E-state index in [-0.39, 0.29) is 6.10 Å². The molecule has 2 fully saturated rings. The lowest BCUT2D eigenvalue weighted by molar-refractivity contribution is -0.0112. The highest BCUT2D eigenvalue weighted by Crippen LogP contribution is 2.40. The molecular weight excluding hydrogens is 296 g/mol. The van der Waals surface area contributed by atoms with Crippen LogP contribution in [0.25, 0.3) is 0 Å². The molecule has 3 atom stereocenters. The molecule has 4 heterocycles. The molecule has 2 aromatic heterocycles. The van der Waals surface area contributed by atoms with E-state index in [0.717, 1.165) is 43.9 Å². The van der Waals surface area contributed by atoms with Crippen LogP contribution in [0.3, 0.4) is 0 Å². The summed E-state index contributed by atoms with van der Waals surface area (Å²) in [5.41, 5.74) is 2.21. The van der Waals surface area contributed by atoms with Crippen LogP contribution in [0.2, 0.25) is 0 Å². The van der Waals surface area contributed by atoms with E-state index in [1.165, 1.54) is 5.56 Å². The predicted octanol–water partition coefficient (Wildman–Crippen LogP) is 2.33. The normalized spacial score (nSPS) is 28.2. The maximum Gasteiger partial charge on any atom is 0.255 e. The molecule has 0 N–H and O–H groups in total. The van der Waals surface area contributed by atoms with Gasteiger partial charge in [-0.2, -0.15) is 4.98 Å². The van der Waals surface area contributed by atoms with Gasteiger partial charge in [-0.05, 0) is 33.6 Å². The number of likely N-dealkylation sites (tertiary alicyclic amines) is 1. The fraction of sp³-hybridized carbons (Fsp3) is 0.688. The third kappa shape index (κ3) is 2.79. The number of piperidine rings is 1. The molecule has 0 radical (unpaired) electrons. The van der Waals surface area contributed by atoms with Gasteiger partial charge in [0.05, 0.1) is 11.8 Å². The van der Waals surface area contributed by atoms with Crippen molar-refractivity contribution in [1.82, 2.24) is 20.2 Å². The summed E-state index contributed by atoms with van der Waals surface area (Å²) >= 11 is 0. The monoisotopic (exact) mass is 318 g/mol. The van der Waals surface area contributed by atoms with Crippen molar-refractivity contribution in [3.05, 3.63) is 28.7 Å². The number of aromatic nitrogens is 3. The van der Waals surface area contributed by atoms with E-state index < -0.39 is 0 Å². The molecule has 4 rings (SSSR count). The molecule has 0 unspecified atom stereocenters. The fourth-order valence-corrected chi connectivity index (χ4v) is 3.73. The summed E-state index contributed by atoms with van der Waals surface area (Å²) in [5.74, 6) is 2.72. The van der Waals surface area contributed by atoms with Crippen LogP contribution in [-0.4, -0.2) is 39.4 Å². The molecule has 0 spiro atoms. The van der Waals surface area contributed by atoms with Crippen LogP contribution in [0.1, 0.15) is 47.7 Å². The van der Waals surface area contributed by atoms with Gasteiger partial charge in [-0.1, -0.05) is 10.3 Å². The molecule has 2 aromatic rings. The first kappa shape index (κ1) is 14.8. The zero-order valence-electron chi connectivity index (χ0n) is 13.8. The minimum absolute atomic E-state index is 0.0507. The van der Waals surface area contributed by atoms with Gasteiger partial charge in [0.15, 0.2) is 5.82 Å². The van der Waals surface area contributed by atoms with Gasteiger partial charge in [0, 0.05) is 31.1 Å².